The second kappa shape index (κ2) is 3.86. The molecular weight excluding hydrogens is 138 g/mol. The number of nitrogens with zero attached hydrogens (tertiary/aromatic N) is 1. The van der Waals surface area contributed by atoms with Crippen molar-refractivity contribution in [2.45, 2.75) is 26.2 Å². The summed E-state index contributed by atoms with van der Waals surface area (Å²) in [4.78, 5) is 13.6. The van der Waals surface area contributed by atoms with Crippen LogP contribution >= 0.6 is 0 Å². The smallest absolute Gasteiger partial charge is 0.138 e. The first-order valence-corrected chi connectivity index (χ1v) is 4.45. The maximum Gasteiger partial charge on any atom is 0.138 e. The second-order valence-corrected chi connectivity index (χ2v) is 3.46. The van der Waals surface area contributed by atoms with E-state index in [1.54, 1.807) is 0 Å². The summed E-state index contributed by atoms with van der Waals surface area (Å²) in [6.45, 7) is 4.08. The maximum absolute atomic E-state index is 11.3. The van der Waals surface area contributed by atoms with Crippen LogP contribution < -0.4 is 0 Å². The average molecular weight is 155 g/mol. The minimum atomic E-state index is 0.332. The van der Waals surface area contributed by atoms with E-state index in [9.17, 15) is 4.79 Å². The van der Waals surface area contributed by atoms with E-state index >= 15 is 0 Å². The zero-order chi connectivity index (χ0) is 8.27. The Labute approximate surface area is 68.6 Å². The van der Waals surface area contributed by atoms with E-state index < -0.39 is 0 Å². The molecule has 0 aliphatic carbocycles. The van der Waals surface area contributed by atoms with Gasteiger partial charge in [-0.2, -0.15) is 0 Å². The van der Waals surface area contributed by atoms with Gasteiger partial charge in [0, 0.05) is 25.4 Å². The Morgan fingerprint density at radius 2 is 2.36 bits per heavy atom. The predicted molar refractivity (Wildman–Crippen MR) is 45.5 cm³/mol. The summed E-state index contributed by atoms with van der Waals surface area (Å²) < 4.78 is 0. The largest absolute Gasteiger partial charge is 0.305 e. The highest BCUT2D eigenvalue weighted by Crippen LogP contribution is 2.16. The zero-order valence-corrected chi connectivity index (χ0v) is 7.47. The van der Waals surface area contributed by atoms with E-state index in [1.807, 2.05) is 0 Å². The van der Waals surface area contributed by atoms with Crippen LogP contribution in [0.2, 0.25) is 0 Å². The van der Waals surface area contributed by atoms with Gasteiger partial charge in [0.2, 0.25) is 0 Å². The number of carbonyl (C=O) groups excluding carboxylic acids is 1. The van der Waals surface area contributed by atoms with E-state index in [0.717, 1.165) is 32.4 Å². The number of ketones is 1. The molecule has 1 aliphatic heterocycles. The highest BCUT2D eigenvalue weighted by Gasteiger charge is 2.23. The number of hydrogen-bond acceptors (Lipinski definition) is 2. The van der Waals surface area contributed by atoms with Gasteiger partial charge in [0.05, 0.1) is 0 Å². The molecule has 0 aromatic carbocycles. The van der Waals surface area contributed by atoms with E-state index in [2.05, 4.69) is 18.9 Å². The summed E-state index contributed by atoms with van der Waals surface area (Å²) in [6.07, 6.45) is 2.97. The molecule has 64 valence electrons. The van der Waals surface area contributed by atoms with E-state index in [0.29, 0.717) is 11.7 Å². The van der Waals surface area contributed by atoms with Gasteiger partial charge >= 0.3 is 0 Å². The van der Waals surface area contributed by atoms with E-state index in [1.165, 1.54) is 0 Å². The summed E-state index contributed by atoms with van der Waals surface area (Å²) >= 11 is 0. The van der Waals surface area contributed by atoms with Crippen LogP contribution in [0.5, 0.6) is 0 Å². The second-order valence-electron chi connectivity index (χ2n) is 3.46. The molecule has 1 atom stereocenters. The third kappa shape index (κ3) is 2.29. The molecular formula is C9H17NO. The minimum absolute atomic E-state index is 0.332. The fourth-order valence-corrected chi connectivity index (χ4v) is 1.68. The van der Waals surface area contributed by atoms with Crippen LogP contribution in [0.3, 0.4) is 0 Å². The topological polar surface area (TPSA) is 20.3 Å². The van der Waals surface area contributed by atoms with Gasteiger partial charge in [-0.05, 0) is 13.5 Å². The average Bonchev–Trinajstić information content (AvgIpc) is 1.98. The lowest BCUT2D eigenvalue weighted by molar-refractivity contribution is -0.126. The van der Waals surface area contributed by atoms with E-state index in [-0.39, 0.29) is 0 Å². The highest BCUT2D eigenvalue weighted by molar-refractivity contribution is 5.82. The molecule has 1 heterocycles. The molecule has 1 aliphatic rings. The highest BCUT2D eigenvalue weighted by atomic mass is 16.1. The number of Topliss-reactive ketones (excluding diaryl/α,β-unsaturated/α-hetero) is 1. The van der Waals surface area contributed by atoms with Crippen molar-refractivity contribution in [3.05, 3.63) is 0 Å². The van der Waals surface area contributed by atoms with Gasteiger partial charge < -0.3 is 4.90 Å². The van der Waals surface area contributed by atoms with Crippen molar-refractivity contribution in [2.24, 2.45) is 5.92 Å². The van der Waals surface area contributed by atoms with Crippen molar-refractivity contribution in [1.29, 1.82) is 0 Å². The summed E-state index contributed by atoms with van der Waals surface area (Å²) in [7, 11) is 2.09. The van der Waals surface area contributed by atoms with Gasteiger partial charge in [0.1, 0.15) is 5.78 Å². The molecule has 2 nitrogen and oxygen atoms in total. The normalized spacial score (nSPS) is 27.5. The molecule has 0 saturated carbocycles. The molecule has 0 aromatic heterocycles. The quantitative estimate of drug-likeness (QED) is 0.599. The maximum atomic E-state index is 11.3. The Bertz CT molecular complexity index is 144. The Morgan fingerprint density at radius 1 is 1.64 bits per heavy atom. The number of likely N-dealkylation sites (tertiary alicyclic amines) is 1. The van der Waals surface area contributed by atoms with Gasteiger partial charge in [0.25, 0.3) is 0 Å². The number of piperidine rings is 1. The molecule has 0 spiro atoms. The summed E-state index contributed by atoms with van der Waals surface area (Å²) in [5.74, 6) is 0.809. The van der Waals surface area contributed by atoms with Crippen molar-refractivity contribution in [3.8, 4) is 0 Å². The fraction of sp³-hybridized carbons (Fsp3) is 0.889. The Balaban J connectivity index is 2.40. The standard InChI is InChI=1S/C9H17NO/c1-3-4-8-7-10(2)6-5-9(8)11/h8H,3-7H2,1-2H3. The number of rotatable bonds is 2. The van der Waals surface area contributed by atoms with Crippen LogP contribution in [-0.4, -0.2) is 30.8 Å². The third-order valence-electron chi connectivity index (χ3n) is 2.36. The van der Waals surface area contributed by atoms with Gasteiger partial charge in [-0.3, -0.25) is 4.79 Å². The first-order valence-electron chi connectivity index (χ1n) is 4.45. The summed E-state index contributed by atoms with van der Waals surface area (Å²) in [6, 6.07) is 0. The van der Waals surface area contributed by atoms with Crippen molar-refractivity contribution in [2.75, 3.05) is 20.1 Å². The fourth-order valence-electron chi connectivity index (χ4n) is 1.68. The first-order chi connectivity index (χ1) is 5.24. The summed E-state index contributed by atoms with van der Waals surface area (Å²) in [5, 5.41) is 0. The Hall–Kier alpha value is -0.370. The Kier molecular flexibility index (Phi) is 3.06. The van der Waals surface area contributed by atoms with Crippen molar-refractivity contribution in [1.82, 2.24) is 4.90 Å². The SMILES string of the molecule is CCCC1CN(C)CCC1=O. The van der Waals surface area contributed by atoms with Crippen LogP contribution in [0.15, 0.2) is 0 Å². The number of carbonyl (C=O) groups is 1. The molecule has 1 unspecified atom stereocenters. The van der Waals surface area contributed by atoms with Crippen molar-refractivity contribution >= 4 is 5.78 Å². The van der Waals surface area contributed by atoms with Crippen LogP contribution in [0, 0.1) is 5.92 Å². The van der Waals surface area contributed by atoms with Gasteiger partial charge in [0.15, 0.2) is 0 Å². The van der Waals surface area contributed by atoms with Crippen molar-refractivity contribution in [3.63, 3.8) is 0 Å². The van der Waals surface area contributed by atoms with Crippen LogP contribution in [0.1, 0.15) is 26.2 Å². The van der Waals surface area contributed by atoms with Gasteiger partial charge in [-0.15, -0.1) is 0 Å². The molecule has 0 amide bonds. The molecule has 1 rings (SSSR count). The lowest BCUT2D eigenvalue weighted by Gasteiger charge is -2.28. The molecule has 0 aromatic rings. The molecule has 0 bridgehead atoms. The van der Waals surface area contributed by atoms with Crippen LogP contribution in [-0.2, 0) is 4.79 Å². The lowest BCUT2D eigenvalue weighted by atomic mass is 9.93. The molecule has 0 N–H and O–H groups in total. The molecule has 1 fully saturated rings. The van der Waals surface area contributed by atoms with E-state index in [4.69, 9.17) is 0 Å². The summed E-state index contributed by atoms with van der Waals surface area (Å²) in [5.41, 5.74) is 0. The van der Waals surface area contributed by atoms with Gasteiger partial charge in [-0.25, -0.2) is 0 Å². The molecule has 0 radical (unpaired) electrons. The molecule has 1 saturated heterocycles. The molecule has 2 heteroatoms. The van der Waals surface area contributed by atoms with Crippen molar-refractivity contribution < 1.29 is 4.79 Å². The Morgan fingerprint density at radius 3 is 3.00 bits per heavy atom. The lowest BCUT2D eigenvalue weighted by Crippen LogP contribution is -2.38. The molecule has 11 heavy (non-hydrogen) atoms. The first kappa shape index (κ1) is 8.72. The monoisotopic (exact) mass is 155 g/mol. The zero-order valence-electron chi connectivity index (χ0n) is 7.47. The minimum Gasteiger partial charge on any atom is -0.305 e. The predicted octanol–water partition coefficient (Wildman–Crippen LogP) is 1.31. The van der Waals surface area contributed by atoms with Crippen LogP contribution in [0.4, 0.5) is 0 Å². The third-order valence-corrected chi connectivity index (χ3v) is 2.36. The number of hydrogen-bond donors (Lipinski definition) is 0. The van der Waals surface area contributed by atoms with Crippen LogP contribution in [0.25, 0.3) is 0 Å². The van der Waals surface area contributed by atoms with Gasteiger partial charge in [-0.1, -0.05) is 13.3 Å².